The number of rotatable bonds is 1. The maximum absolute atomic E-state index is 12.6. The van der Waals surface area contributed by atoms with Crippen LogP contribution in [0.1, 0.15) is 43.4 Å². The van der Waals surface area contributed by atoms with Gasteiger partial charge < -0.3 is 10.6 Å². The van der Waals surface area contributed by atoms with E-state index in [4.69, 9.17) is 5.73 Å². The van der Waals surface area contributed by atoms with E-state index in [0.29, 0.717) is 5.91 Å². The van der Waals surface area contributed by atoms with Crippen molar-refractivity contribution in [3.63, 3.8) is 0 Å². The van der Waals surface area contributed by atoms with Crippen molar-refractivity contribution in [2.45, 2.75) is 44.7 Å². The highest BCUT2D eigenvalue weighted by molar-refractivity contribution is 5.85. The van der Waals surface area contributed by atoms with Crippen molar-refractivity contribution in [3.05, 3.63) is 35.4 Å². The average molecular weight is 295 g/mol. The molecule has 0 bridgehead atoms. The van der Waals surface area contributed by atoms with Gasteiger partial charge in [-0.15, -0.1) is 12.4 Å². The van der Waals surface area contributed by atoms with Crippen molar-refractivity contribution in [2.75, 3.05) is 6.54 Å². The highest BCUT2D eigenvalue weighted by Crippen LogP contribution is 2.33. The molecule has 1 heterocycles. The lowest BCUT2D eigenvalue weighted by atomic mass is 9.92. The topological polar surface area (TPSA) is 46.3 Å². The van der Waals surface area contributed by atoms with E-state index in [9.17, 15) is 4.79 Å². The van der Waals surface area contributed by atoms with Crippen LogP contribution in [0.4, 0.5) is 0 Å². The van der Waals surface area contributed by atoms with Crippen molar-refractivity contribution >= 4 is 18.3 Å². The Morgan fingerprint density at radius 3 is 2.75 bits per heavy atom. The van der Waals surface area contributed by atoms with Crippen LogP contribution in [0.15, 0.2) is 24.3 Å². The molecule has 1 fully saturated rings. The van der Waals surface area contributed by atoms with Crippen LogP contribution in [0, 0.1) is 5.92 Å². The smallest absolute Gasteiger partial charge is 0.226 e. The van der Waals surface area contributed by atoms with Crippen molar-refractivity contribution in [1.82, 2.24) is 4.90 Å². The number of benzene rings is 1. The van der Waals surface area contributed by atoms with E-state index in [-0.39, 0.29) is 30.4 Å². The third kappa shape index (κ3) is 2.70. The Bertz CT molecular complexity index is 491. The normalized spacial score (nSPS) is 28.7. The fraction of sp³-hybridized carbons (Fsp3) is 0.562. The molecule has 4 heteroatoms. The van der Waals surface area contributed by atoms with Gasteiger partial charge in [-0.3, -0.25) is 4.79 Å². The number of nitrogens with two attached hydrogens (primary N) is 1. The first-order valence-electron chi connectivity index (χ1n) is 7.30. The summed E-state index contributed by atoms with van der Waals surface area (Å²) in [5.74, 6) is 0.470. The Morgan fingerprint density at radius 2 is 2.05 bits per heavy atom. The summed E-state index contributed by atoms with van der Waals surface area (Å²) in [6.07, 6.45) is 3.80. The number of hydrogen-bond acceptors (Lipinski definition) is 2. The number of nitrogens with zero attached hydrogens (tertiary/aromatic N) is 1. The summed E-state index contributed by atoms with van der Waals surface area (Å²) in [5, 5.41) is 0. The van der Waals surface area contributed by atoms with Crippen molar-refractivity contribution in [1.29, 1.82) is 0 Å². The molecule has 0 saturated heterocycles. The van der Waals surface area contributed by atoms with E-state index < -0.39 is 0 Å². The van der Waals surface area contributed by atoms with Crippen LogP contribution in [-0.2, 0) is 11.2 Å². The molecule has 3 unspecified atom stereocenters. The molecule has 110 valence electrons. The van der Waals surface area contributed by atoms with Gasteiger partial charge in [0.25, 0.3) is 0 Å². The van der Waals surface area contributed by atoms with Gasteiger partial charge in [0.15, 0.2) is 0 Å². The molecule has 0 aromatic heterocycles. The van der Waals surface area contributed by atoms with Gasteiger partial charge in [-0.05, 0) is 43.7 Å². The molecule has 0 spiro atoms. The second-order valence-electron chi connectivity index (χ2n) is 5.93. The number of hydrogen-bond donors (Lipinski definition) is 1. The lowest BCUT2D eigenvalue weighted by molar-refractivity contribution is -0.138. The molecule has 1 amide bonds. The Balaban J connectivity index is 0.00000147. The predicted molar refractivity (Wildman–Crippen MR) is 82.8 cm³/mol. The van der Waals surface area contributed by atoms with Gasteiger partial charge in [-0.2, -0.15) is 0 Å². The summed E-state index contributed by atoms with van der Waals surface area (Å²) in [6, 6.07) is 8.91. The van der Waals surface area contributed by atoms with Crippen LogP contribution in [0.2, 0.25) is 0 Å². The molecule has 1 saturated carbocycles. The molecule has 3 atom stereocenters. The molecule has 20 heavy (non-hydrogen) atoms. The maximum Gasteiger partial charge on any atom is 0.226 e. The van der Waals surface area contributed by atoms with E-state index in [0.717, 1.165) is 32.2 Å². The third-order valence-corrected chi connectivity index (χ3v) is 4.70. The number of halogens is 1. The highest BCUT2D eigenvalue weighted by atomic mass is 35.5. The van der Waals surface area contributed by atoms with Crippen LogP contribution < -0.4 is 5.73 Å². The summed E-state index contributed by atoms with van der Waals surface area (Å²) >= 11 is 0. The number of carbonyl (C=O) groups excluding carboxylic acids is 1. The number of fused-ring (bicyclic) bond motifs is 1. The Morgan fingerprint density at radius 1 is 1.30 bits per heavy atom. The first-order chi connectivity index (χ1) is 9.16. The molecule has 1 aliphatic heterocycles. The third-order valence-electron chi connectivity index (χ3n) is 4.70. The standard InChI is InChI=1S/C16H22N2O.ClH/c1-11-15-5-3-2-4-12(15)8-9-18(11)16(19)13-6-7-14(17)10-13;/h2-5,11,13-14H,6-10,17H2,1H3;1H. The van der Waals surface area contributed by atoms with Crippen LogP contribution in [0.25, 0.3) is 0 Å². The van der Waals surface area contributed by atoms with Gasteiger partial charge in [0.2, 0.25) is 5.91 Å². The SMILES string of the molecule is CC1c2ccccc2CCN1C(=O)C1CCC(N)C1.Cl. The fourth-order valence-corrected chi connectivity index (χ4v) is 3.55. The van der Waals surface area contributed by atoms with Crippen LogP contribution in [0.3, 0.4) is 0 Å². The lowest BCUT2D eigenvalue weighted by Gasteiger charge is -2.36. The zero-order valence-corrected chi connectivity index (χ0v) is 12.7. The van der Waals surface area contributed by atoms with Crippen molar-refractivity contribution < 1.29 is 4.79 Å². The Labute approximate surface area is 126 Å². The van der Waals surface area contributed by atoms with E-state index >= 15 is 0 Å². The molecule has 3 nitrogen and oxygen atoms in total. The van der Waals surface area contributed by atoms with Crippen molar-refractivity contribution in [2.24, 2.45) is 11.7 Å². The molecule has 2 N–H and O–H groups in total. The minimum atomic E-state index is 0. The first-order valence-corrected chi connectivity index (χ1v) is 7.30. The van der Waals surface area contributed by atoms with Gasteiger partial charge in [0.1, 0.15) is 0 Å². The highest BCUT2D eigenvalue weighted by Gasteiger charge is 2.35. The summed E-state index contributed by atoms with van der Waals surface area (Å²) < 4.78 is 0. The van der Waals surface area contributed by atoms with Crippen LogP contribution in [0.5, 0.6) is 0 Å². The monoisotopic (exact) mass is 294 g/mol. The molecule has 1 aromatic carbocycles. The first kappa shape index (κ1) is 15.3. The van der Waals surface area contributed by atoms with Gasteiger partial charge in [0.05, 0.1) is 6.04 Å². The van der Waals surface area contributed by atoms with Crippen LogP contribution >= 0.6 is 12.4 Å². The quantitative estimate of drug-likeness (QED) is 0.865. The van der Waals surface area contributed by atoms with Gasteiger partial charge in [-0.25, -0.2) is 0 Å². The predicted octanol–water partition coefficient (Wildman–Crippen LogP) is 2.68. The molecule has 0 radical (unpaired) electrons. The lowest BCUT2D eigenvalue weighted by Crippen LogP contribution is -2.41. The Kier molecular flexibility index (Phi) is 4.71. The fourth-order valence-electron chi connectivity index (χ4n) is 3.55. The van der Waals surface area contributed by atoms with Crippen LogP contribution in [-0.4, -0.2) is 23.4 Å². The molecular weight excluding hydrogens is 272 g/mol. The van der Waals surface area contributed by atoms with E-state index in [1.165, 1.54) is 11.1 Å². The minimum absolute atomic E-state index is 0. The molecule has 2 aliphatic rings. The van der Waals surface area contributed by atoms with Gasteiger partial charge in [-0.1, -0.05) is 24.3 Å². The summed E-state index contributed by atoms with van der Waals surface area (Å²) in [4.78, 5) is 14.7. The largest absolute Gasteiger partial charge is 0.335 e. The average Bonchev–Trinajstić information content (AvgIpc) is 2.85. The summed E-state index contributed by atoms with van der Waals surface area (Å²) in [6.45, 7) is 2.99. The molecular formula is C16H23ClN2O. The Hall–Kier alpha value is -1.06. The van der Waals surface area contributed by atoms with Crippen molar-refractivity contribution in [3.8, 4) is 0 Å². The summed E-state index contributed by atoms with van der Waals surface area (Å²) in [7, 11) is 0. The second kappa shape index (κ2) is 6.15. The molecule has 1 aliphatic carbocycles. The zero-order valence-electron chi connectivity index (χ0n) is 11.9. The number of amides is 1. The van der Waals surface area contributed by atoms with E-state index in [1.807, 2.05) is 0 Å². The van der Waals surface area contributed by atoms with E-state index in [1.54, 1.807) is 0 Å². The summed E-state index contributed by atoms with van der Waals surface area (Å²) in [5.41, 5.74) is 8.63. The van der Waals surface area contributed by atoms with E-state index in [2.05, 4.69) is 36.1 Å². The number of carbonyl (C=O) groups is 1. The maximum atomic E-state index is 12.6. The minimum Gasteiger partial charge on any atom is -0.335 e. The van der Waals surface area contributed by atoms with Gasteiger partial charge in [0, 0.05) is 18.5 Å². The van der Waals surface area contributed by atoms with Gasteiger partial charge >= 0.3 is 0 Å². The zero-order chi connectivity index (χ0) is 13.4. The second-order valence-corrected chi connectivity index (χ2v) is 5.93. The molecule has 1 aromatic rings. The molecule has 3 rings (SSSR count).